The van der Waals surface area contributed by atoms with Crippen molar-refractivity contribution in [2.24, 2.45) is 34.8 Å². The van der Waals surface area contributed by atoms with E-state index in [1.165, 1.54) is 0 Å². The third kappa shape index (κ3) is 5.54. The van der Waals surface area contributed by atoms with E-state index in [2.05, 4.69) is 13.8 Å². The van der Waals surface area contributed by atoms with E-state index in [4.69, 9.17) is 22.9 Å². The van der Waals surface area contributed by atoms with Gasteiger partial charge in [-0.2, -0.15) is 0 Å². The summed E-state index contributed by atoms with van der Waals surface area (Å²) >= 11 is 0. The number of rotatable bonds is 7. The van der Waals surface area contributed by atoms with Crippen LogP contribution in [-0.4, -0.2) is 12.3 Å². The fraction of sp³-hybridized carbons (Fsp3) is 1.00. The minimum Gasteiger partial charge on any atom is -0.316 e. The van der Waals surface area contributed by atoms with Crippen LogP contribution < -0.4 is 22.9 Å². The van der Waals surface area contributed by atoms with Gasteiger partial charge in [-0.15, -0.1) is 0 Å². The maximum atomic E-state index is 5.70. The quantitative estimate of drug-likeness (QED) is 0.446. The van der Waals surface area contributed by atoms with Crippen molar-refractivity contribution in [3.8, 4) is 0 Å². The molecule has 0 saturated carbocycles. The van der Waals surface area contributed by atoms with E-state index in [-0.39, 0.29) is 12.3 Å². The van der Waals surface area contributed by atoms with Crippen molar-refractivity contribution in [1.29, 1.82) is 0 Å². The fourth-order valence-corrected chi connectivity index (χ4v) is 1.84. The van der Waals surface area contributed by atoms with Crippen LogP contribution in [0.15, 0.2) is 0 Å². The predicted molar refractivity (Wildman–Crippen MR) is 61.1 cm³/mol. The second kappa shape index (κ2) is 7.17. The summed E-state index contributed by atoms with van der Waals surface area (Å²) in [5.41, 5.74) is 22.5. The zero-order valence-corrected chi connectivity index (χ0v) is 9.45. The molecule has 0 aromatic rings. The Morgan fingerprint density at radius 3 is 1.71 bits per heavy atom. The zero-order valence-electron chi connectivity index (χ0n) is 9.45. The molecule has 4 heteroatoms. The lowest BCUT2D eigenvalue weighted by Crippen LogP contribution is -2.40. The Bertz CT molecular complexity index is 136. The van der Waals surface area contributed by atoms with Crippen molar-refractivity contribution in [3.63, 3.8) is 0 Å². The lowest BCUT2D eigenvalue weighted by atomic mass is 9.86. The Morgan fingerprint density at radius 2 is 1.43 bits per heavy atom. The molecule has 0 bridgehead atoms. The summed E-state index contributed by atoms with van der Waals surface area (Å²) in [6.45, 7) is 4.27. The first-order valence-corrected chi connectivity index (χ1v) is 5.53. The average Bonchev–Trinajstić information content (AvgIpc) is 2.10. The van der Waals surface area contributed by atoms with Gasteiger partial charge in [0.1, 0.15) is 0 Å². The van der Waals surface area contributed by atoms with Gasteiger partial charge >= 0.3 is 0 Å². The third-order valence-electron chi connectivity index (χ3n) is 2.89. The Hall–Kier alpha value is -0.160. The van der Waals surface area contributed by atoms with Crippen LogP contribution in [0, 0.1) is 11.8 Å². The molecule has 0 aromatic carbocycles. The molecule has 0 amide bonds. The van der Waals surface area contributed by atoms with Gasteiger partial charge in [0.15, 0.2) is 0 Å². The maximum Gasteiger partial charge on any atom is 0.0549 e. The highest BCUT2D eigenvalue weighted by atomic mass is 14.9. The monoisotopic (exact) mass is 202 g/mol. The van der Waals surface area contributed by atoms with Gasteiger partial charge in [-0.3, -0.25) is 0 Å². The van der Waals surface area contributed by atoms with Gasteiger partial charge in [0, 0.05) is 0 Å². The van der Waals surface area contributed by atoms with Gasteiger partial charge in [-0.05, 0) is 24.7 Å². The lowest BCUT2D eigenvalue weighted by Gasteiger charge is -2.25. The maximum absolute atomic E-state index is 5.70. The normalized spacial score (nSPS) is 16.3. The van der Waals surface area contributed by atoms with Crippen molar-refractivity contribution in [2.45, 2.75) is 51.9 Å². The van der Waals surface area contributed by atoms with Crippen molar-refractivity contribution >= 4 is 0 Å². The molecule has 4 nitrogen and oxygen atoms in total. The molecule has 0 aliphatic rings. The van der Waals surface area contributed by atoms with E-state index in [1.54, 1.807) is 0 Å². The molecule has 0 saturated heterocycles. The SMILES string of the molecule is CCC(CC(N)N)CC(CC)C(N)N. The Balaban J connectivity index is 4.00. The third-order valence-corrected chi connectivity index (χ3v) is 2.89. The largest absolute Gasteiger partial charge is 0.316 e. The predicted octanol–water partition coefficient (Wildman–Crippen LogP) is 0.306. The Labute approximate surface area is 87.4 Å². The van der Waals surface area contributed by atoms with Crippen LogP contribution in [0.2, 0.25) is 0 Å². The van der Waals surface area contributed by atoms with Crippen LogP contribution >= 0.6 is 0 Å². The van der Waals surface area contributed by atoms with Crippen molar-refractivity contribution in [3.05, 3.63) is 0 Å². The van der Waals surface area contributed by atoms with Crippen molar-refractivity contribution < 1.29 is 0 Å². The summed E-state index contributed by atoms with van der Waals surface area (Å²) in [6.07, 6.45) is 3.58. The molecule has 2 unspecified atom stereocenters. The number of nitrogens with two attached hydrogens (primary N) is 4. The minimum atomic E-state index is -0.219. The smallest absolute Gasteiger partial charge is 0.0549 e. The van der Waals surface area contributed by atoms with Gasteiger partial charge in [0.05, 0.1) is 12.3 Å². The molecule has 14 heavy (non-hydrogen) atoms. The van der Waals surface area contributed by atoms with Crippen LogP contribution in [-0.2, 0) is 0 Å². The van der Waals surface area contributed by atoms with E-state index in [9.17, 15) is 0 Å². The van der Waals surface area contributed by atoms with E-state index in [0.29, 0.717) is 11.8 Å². The number of hydrogen-bond donors (Lipinski definition) is 4. The Kier molecular flexibility index (Phi) is 7.09. The van der Waals surface area contributed by atoms with Crippen LogP contribution in [0.5, 0.6) is 0 Å². The van der Waals surface area contributed by atoms with Gasteiger partial charge in [0.2, 0.25) is 0 Å². The summed E-state index contributed by atoms with van der Waals surface area (Å²) in [7, 11) is 0. The molecule has 0 rings (SSSR count). The lowest BCUT2D eigenvalue weighted by molar-refractivity contribution is 0.287. The van der Waals surface area contributed by atoms with E-state index in [0.717, 1.165) is 25.7 Å². The average molecular weight is 202 g/mol. The topological polar surface area (TPSA) is 104 Å². The van der Waals surface area contributed by atoms with E-state index >= 15 is 0 Å². The minimum absolute atomic E-state index is 0.216. The molecule has 86 valence electrons. The molecule has 0 radical (unpaired) electrons. The van der Waals surface area contributed by atoms with Crippen LogP contribution in [0.25, 0.3) is 0 Å². The highest BCUT2D eigenvalue weighted by Crippen LogP contribution is 2.22. The first kappa shape index (κ1) is 13.8. The second-order valence-corrected chi connectivity index (χ2v) is 4.16. The summed E-state index contributed by atoms with van der Waals surface area (Å²) in [5.74, 6) is 0.938. The fourth-order valence-electron chi connectivity index (χ4n) is 1.84. The molecule has 0 heterocycles. The summed E-state index contributed by atoms with van der Waals surface area (Å²) < 4.78 is 0. The van der Waals surface area contributed by atoms with Crippen LogP contribution in [0.1, 0.15) is 39.5 Å². The molecule has 0 aliphatic heterocycles. The summed E-state index contributed by atoms with van der Waals surface area (Å²) in [5, 5.41) is 0. The van der Waals surface area contributed by atoms with Gasteiger partial charge < -0.3 is 22.9 Å². The van der Waals surface area contributed by atoms with Crippen LogP contribution in [0.3, 0.4) is 0 Å². The standard InChI is InChI=1S/C10H26N4/c1-3-7(6-9(11)12)5-8(4-2)10(13)14/h7-10H,3-6,11-14H2,1-2H3. The highest BCUT2D eigenvalue weighted by molar-refractivity contribution is 4.72. The van der Waals surface area contributed by atoms with Gasteiger partial charge in [0.25, 0.3) is 0 Å². The van der Waals surface area contributed by atoms with E-state index in [1.807, 2.05) is 0 Å². The Morgan fingerprint density at radius 1 is 0.857 bits per heavy atom. The van der Waals surface area contributed by atoms with Crippen LogP contribution in [0.4, 0.5) is 0 Å². The summed E-state index contributed by atoms with van der Waals surface area (Å²) in [6, 6.07) is 0. The summed E-state index contributed by atoms with van der Waals surface area (Å²) in [4.78, 5) is 0. The van der Waals surface area contributed by atoms with Crippen molar-refractivity contribution in [2.75, 3.05) is 0 Å². The number of hydrogen-bond acceptors (Lipinski definition) is 4. The molecule has 8 N–H and O–H groups in total. The van der Waals surface area contributed by atoms with E-state index < -0.39 is 0 Å². The molecule has 0 spiro atoms. The molecule has 0 aromatic heterocycles. The second-order valence-electron chi connectivity index (χ2n) is 4.16. The molecule has 0 aliphatic carbocycles. The molecule has 0 fully saturated rings. The first-order chi connectivity index (χ1) is 6.51. The van der Waals surface area contributed by atoms with Gasteiger partial charge in [-0.1, -0.05) is 26.7 Å². The zero-order chi connectivity index (χ0) is 11.1. The molecular weight excluding hydrogens is 176 g/mol. The first-order valence-electron chi connectivity index (χ1n) is 5.53. The van der Waals surface area contributed by atoms with Gasteiger partial charge in [-0.25, -0.2) is 0 Å². The molecular formula is C10H26N4. The highest BCUT2D eigenvalue weighted by Gasteiger charge is 2.18. The molecule has 2 atom stereocenters. The van der Waals surface area contributed by atoms with Crippen molar-refractivity contribution in [1.82, 2.24) is 0 Å².